The third-order valence-corrected chi connectivity index (χ3v) is 5.81. The summed E-state index contributed by atoms with van der Waals surface area (Å²) >= 11 is 6.12. The molecule has 0 saturated heterocycles. The Balaban J connectivity index is 1.34. The van der Waals surface area contributed by atoms with Gasteiger partial charge in [-0.1, -0.05) is 35.9 Å². The van der Waals surface area contributed by atoms with E-state index in [1.165, 1.54) is 5.52 Å². The molecule has 0 radical (unpaired) electrons. The van der Waals surface area contributed by atoms with Gasteiger partial charge in [0, 0.05) is 24.5 Å². The number of halogens is 1. The molecule has 1 aliphatic rings. The minimum absolute atomic E-state index is 0.211. The van der Waals surface area contributed by atoms with E-state index in [-0.39, 0.29) is 5.91 Å². The van der Waals surface area contributed by atoms with Crippen LogP contribution in [0.4, 0.5) is 11.4 Å². The number of benzene rings is 3. The van der Waals surface area contributed by atoms with E-state index in [0.29, 0.717) is 10.6 Å². The minimum atomic E-state index is -0.211. The summed E-state index contributed by atoms with van der Waals surface area (Å²) in [5, 5.41) is 3.36. The molecule has 5 rings (SSSR count). The Labute approximate surface area is 179 Å². The summed E-state index contributed by atoms with van der Waals surface area (Å²) < 4.78 is 2.33. The molecule has 0 unspecified atom stereocenters. The van der Waals surface area contributed by atoms with Crippen molar-refractivity contribution in [3.8, 4) is 0 Å². The number of nitrogens with one attached hydrogen (secondary N) is 1. The average Bonchev–Trinajstić information content (AvgIpc) is 2.97. The Bertz CT molecular complexity index is 1220. The molecule has 0 atom stereocenters. The van der Waals surface area contributed by atoms with Crippen LogP contribution in [0.15, 0.2) is 72.8 Å². The topological polar surface area (TPSA) is 50.2 Å². The van der Waals surface area contributed by atoms with Gasteiger partial charge in [0.15, 0.2) is 0 Å². The summed E-state index contributed by atoms with van der Waals surface area (Å²) in [6.45, 7) is 2.70. The molecule has 30 heavy (non-hydrogen) atoms. The third kappa shape index (κ3) is 3.53. The molecule has 5 nitrogen and oxygen atoms in total. The van der Waals surface area contributed by atoms with Crippen molar-refractivity contribution >= 4 is 39.9 Å². The van der Waals surface area contributed by atoms with Crippen molar-refractivity contribution in [2.24, 2.45) is 0 Å². The van der Waals surface area contributed by atoms with E-state index in [9.17, 15) is 4.79 Å². The Morgan fingerprint density at radius 1 is 0.933 bits per heavy atom. The fourth-order valence-corrected chi connectivity index (χ4v) is 4.21. The van der Waals surface area contributed by atoms with Crippen LogP contribution in [0.25, 0.3) is 11.0 Å². The lowest BCUT2D eigenvalue weighted by atomic mass is 10.2. The van der Waals surface area contributed by atoms with Gasteiger partial charge in [0.2, 0.25) is 0 Å². The molecule has 1 aliphatic heterocycles. The molecule has 2 heterocycles. The van der Waals surface area contributed by atoms with Crippen LogP contribution in [-0.4, -0.2) is 22.0 Å². The monoisotopic (exact) mass is 416 g/mol. The number of carbonyl (C=O) groups is 1. The summed E-state index contributed by atoms with van der Waals surface area (Å²) in [5.41, 5.74) is 4.57. The number of amides is 1. The van der Waals surface area contributed by atoms with E-state index in [2.05, 4.69) is 33.0 Å². The van der Waals surface area contributed by atoms with E-state index in [1.807, 2.05) is 36.4 Å². The van der Waals surface area contributed by atoms with Gasteiger partial charge in [-0.15, -0.1) is 0 Å². The van der Waals surface area contributed by atoms with E-state index in [1.54, 1.807) is 18.2 Å². The van der Waals surface area contributed by atoms with Gasteiger partial charge < -0.3 is 14.8 Å². The zero-order valence-electron chi connectivity index (χ0n) is 16.4. The van der Waals surface area contributed by atoms with Crippen molar-refractivity contribution in [2.45, 2.75) is 19.5 Å². The standard InChI is InChI=1S/C24H21ClN4O/c25-20-7-2-1-6-19(20)24(30)26-17-10-12-18(13-11-17)28-14-5-15-29-22-9-4-3-8-21(22)27-23(29)16-28/h1-4,6-13H,5,14-16H2,(H,26,30). The van der Waals surface area contributed by atoms with Crippen LogP contribution in [0.3, 0.4) is 0 Å². The van der Waals surface area contributed by atoms with Gasteiger partial charge in [-0.2, -0.15) is 0 Å². The predicted molar refractivity (Wildman–Crippen MR) is 121 cm³/mol. The lowest BCUT2D eigenvalue weighted by molar-refractivity contribution is 0.102. The first-order chi connectivity index (χ1) is 14.7. The fourth-order valence-electron chi connectivity index (χ4n) is 3.98. The van der Waals surface area contributed by atoms with Crippen LogP contribution in [0.2, 0.25) is 5.02 Å². The van der Waals surface area contributed by atoms with Crippen LogP contribution in [0.5, 0.6) is 0 Å². The van der Waals surface area contributed by atoms with Crippen molar-refractivity contribution in [2.75, 3.05) is 16.8 Å². The van der Waals surface area contributed by atoms with Crippen molar-refractivity contribution in [1.29, 1.82) is 0 Å². The maximum absolute atomic E-state index is 12.5. The second-order valence-electron chi connectivity index (χ2n) is 7.42. The number of hydrogen-bond acceptors (Lipinski definition) is 3. The highest BCUT2D eigenvalue weighted by molar-refractivity contribution is 6.34. The molecule has 6 heteroatoms. The number of aryl methyl sites for hydroxylation is 1. The molecule has 1 aromatic heterocycles. The lowest BCUT2D eigenvalue weighted by Gasteiger charge is -2.22. The molecule has 0 bridgehead atoms. The highest BCUT2D eigenvalue weighted by Gasteiger charge is 2.18. The summed E-state index contributed by atoms with van der Waals surface area (Å²) in [4.78, 5) is 19.6. The van der Waals surface area contributed by atoms with Crippen LogP contribution in [-0.2, 0) is 13.1 Å². The van der Waals surface area contributed by atoms with Crippen molar-refractivity contribution in [3.63, 3.8) is 0 Å². The number of para-hydroxylation sites is 2. The number of hydrogen-bond donors (Lipinski definition) is 1. The van der Waals surface area contributed by atoms with Gasteiger partial charge in [-0.05, 0) is 55.0 Å². The highest BCUT2D eigenvalue weighted by Crippen LogP contribution is 2.26. The number of aromatic nitrogens is 2. The Kier molecular flexibility index (Phi) is 4.89. The first-order valence-corrected chi connectivity index (χ1v) is 10.4. The van der Waals surface area contributed by atoms with E-state index in [0.717, 1.165) is 48.8 Å². The van der Waals surface area contributed by atoms with E-state index in [4.69, 9.17) is 16.6 Å². The van der Waals surface area contributed by atoms with Crippen molar-refractivity contribution in [1.82, 2.24) is 9.55 Å². The van der Waals surface area contributed by atoms with Gasteiger partial charge in [0.1, 0.15) is 5.82 Å². The minimum Gasteiger partial charge on any atom is -0.364 e. The summed E-state index contributed by atoms with van der Waals surface area (Å²) in [6, 6.07) is 23.3. The molecular formula is C24H21ClN4O. The van der Waals surface area contributed by atoms with Gasteiger partial charge in [-0.3, -0.25) is 4.79 Å². The van der Waals surface area contributed by atoms with Gasteiger partial charge in [0.05, 0.1) is 28.2 Å². The number of fused-ring (bicyclic) bond motifs is 3. The molecule has 1 amide bonds. The summed E-state index contributed by atoms with van der Waals surface area (Å²) in [7, 11) is 0. The zero-order valence-corrected chi connectivity index (χ0v) is 17.1. The van der Waals surface area contributed by atoms with E-state index >= 15 is 0 Å². The number of nitrogens with zero attached hydrogens (tertiary/aromatic N) is 3. The SMILES string of the molecule is O=C(Nc1ccc(N2CCCn3c(nc4ccccc43)C2)cc1)c1ccccc1Cl. The second kappa shape index (κ2) is 7.84. The normalized spacial score (nSPS) is 13.7. The van der Waals surface area contributed by atoms with Gasteiger partial charge in [0.25, 0.3) is 5.91 Å². The quantitative estimate of drug-likeness (QED) is 0.489. The summed E-state index contributed by atoms with van der Waals surface area (Å²) in [5.74, 6) is 0.877. The molecular weight excluding hydrogens is 396 g/mol. The molecule has 0 aliphatic carbocycles. The molecule has 0 spiro atoms. The number of rotatable bonds is 3. The Morgan fingerprint density at radius 2 is 1.70 bits per heavy atom. The number of anilines is 2. The van der Waals surface area contributed by atoms with Gasteiger partial charge >= 0.3 is 0 Å². The van der Waals surface area contributed by atoms with Crippen molar-refractivity contribution in [3.05, 3.63) is 89.2 Å². The maximum Gasteiger partial charge on any atom is 0.257 e. The zero-order chi connectivity index (χ0) is 20.5. The second-order valence-corrected chi connectivity index (χ2v) is 7.83. The Hall–Kier alpha value is -3.31. The smallest absolute Gasteiger partial charge is 0.257 e. The third-order valence-electron chi connectivity index (χ3n) is 5.48. The molecule has 0 saturated carbocycles. The predicted octanol–water partition coefficient (Wildman–Crippen LogP) is 5.35. The number of carbonyl (C=O) groups excluding carboxylic acids is 1. The average molecular weight is 417 g/mol. The van der Waals surface area contributed by atoms with Crippen LogP contribution >= 0.6 is 11.6 Å². The lowest BCUT2D eigenvalue weighted by Crippen LogP contribution is -2.23. The van der Waals surface area contributed by atoms with Crippen molar-refractivity contribution < 1.29 is 4.79 Å². The molecule has 1 N–H and O–H groups in total. The van der Waals surface area contributed by atoms with Crippen LogP contribution < -0.4 is 10.2 Å². The fraction of sp³-hybridized carbons (Fsp3) is 0.167. The number of imidazole rings is 1. The van der Waals surface area contributed by atoms with Gasteiger partial charge in [-0.25, -0.2) is 4.98 Å². The molecule has 150 valence electrons. The molecule has 3 aromatic carbocycles. The molecule has 4 aromatic rings. The largest absolute Gasteiger partial charge is 0.364 e. The maximum atomic E-state index is 12.5. The molecule has 0 fully saturated rings. The highest BCUT2D eigenvalue weighted by atomic mass is 35.5. The van der Waals surface area contributed by atoms with E-state index < -0.39 is 0 Å². The van der Waals surface area contributed by atoms with Crippen LogP contribution in [0.1, 0.15) is 22.6 Å². The van der Waals surface area contributed by atoms with Crippen LogP contribution in [0, 0.1) is 0 Å². The first kappa shape index (κ1) is 18.7. The summed E-state index contributed by atoms with van der Waals surface area (Å²) in [6.07, 6.45) is 1.05. The first-order valence-electron chi connectivity index (χ1n) is 10.0. The Morgan fingerprint density at radius 3 is 2.53 bits per heavy atom.